The average molecular weight is 303 g/mol. The molecule has 0 bridgehead atoms. The molecule has 0 amide bonds. The van der Waals surface area contributed by atoms with E-state index in [1.807, 2.05) is 0 Å². The van der Waals surface area contributed by atoms with E-state index in [1.165, 1.54) is 0 Å². The number of nitriles is 1. The zero-order chi connectivity index (χ0) is 15.3. The minimum absolute atomic E-state index is 0.0815. The van der Waals surface area contributed by atoms with Crippen LogP contribution in [0.4, 0.5) is 13.2 Å². The predicted molar refractivity (Wildman–Crippen MR) is 70.3 cm³/mol. The van der Waals surface area contributed by atoms with E-state index in [9.17, 15) is 18.4 Å². The van der Waals surface area contributed by atoms with E-state index in [4.69, 9.17) is 9.47 Å². The summed E-state index contributed by atoms with van der Waals surface area (Å²) in [5, 5.41) is 9.20. The quantitative estimate of drug-likeness (QED) is 0.576. The summed E-state index contributed by atoms with van der Waals surface area (Å²) in [5.74, 6) is -0.472. The third kappa shape index (κ3) is 4.72. The summed E-state index contributed by atoms with van der Waals surface area (Å²) in [6.07, 6.45) is -1.00. The van der Waals surface area contributed by atoms with Crippen LogP contribution in [0.25, 0.3) is 0 Å². The number of hydrogen-bond acceptors (Lipinski definition) is 3. The molecule has 3 nitrogen and oxygen atoms in total. The second-order valence-electron chi connectivity index (χ2n) is 5.62. The maximum Gasteiger partial charge on any atom is 0.389 e. The Bertz CT molecular complexity index is 419. The van der Waals surface area contributed by atoms with Crippen molar-refractivity contribution in [2.75, 3.05) is 13.2 Å². The second-order valence-corrected chi connectivity index (χ2v) is 5.62. The van der Waals surface area contributed by atoms with Crippen molar-refractivity contribution in [1.82, 2.24) is 0 Å². The topological polar surface area (TPSA) is 42.2 Å². The van der Waals surface area contributed by atoms with Crippen LogP contribution in [0.15, 0.2) is 11.1 Å². The fraction of sp³-hybridized carbons (Fsp3) is 0.800. The molecule has 6 heteroatoms. The smallest absolute Gasteiger partial charge is 0.348 e. The molecule has 21 heavy (non-hydrogen) atoms. The Morgan fingerprint density at radius 3 is 2.29 bits per heavy atom. The SMILES string of the molecule is N#CC(CCCCC(F)(F)F)=C1CCC2(CC1)OCCO2. The van der Waals surface area contributed by atoms with Crippen LogP contribution in [-0.4, -0.2) is 25.2 Å². The maximum absolute atomic E-state index is 12.1. The van der Waals surface area contributed by atoms with Crippen LogP contribution in [0, 0.1) is 11.3 Å². The van der Waals surface area contributed by atoms with Crippen LogP contribution in [-0.2, 0) is 9.47 Å². The van der Waals surface area contributed by atoms with Gasteiger partial charge in [-0.3, -0.25) is 0 Å². The number of rotatable bonds is 4. The van der Waals surface area contributed by atoms with E-state index in [0.717, 1.165) is 31.3 Å². The first-order chi connectivity index (χ1) is 9.94. The summed E-state index contributed by atoms with van der Waals surface area (Å²) >= 11 is 0. The number of unbranched alkanes of at least 4 members (excludes halogenated alkanes) is 1. The Morgan fingerprint density at radius 2 is 1.76 bits per heavy atom. The predicted octanol–water partition coefficient (Wildman–Crippen LogP) is 4.25. The summed E-state index contributed by atoms with van der Waals surface area (Å²) in [5.41, 5.74) is 1.72. The zero-order valence-electron chi connectivity index (χ0n) is 12.0. The standard InChI is InChI=1S/C15H20F3NO2/c16-15(17,18)6-2-1-3-13(11-19)12-4-7-14(8-5-12)20-9-10-21-14/h1-10H2. The van der Waals surface area contributed by atoms with Crippen LogP contribution in [0.3, 0.4) is 0 Å². The van der Waals surface area contributed by atoms with Gasteiger partial charge < -0.3 is 9.47 Å². The molecule has 0 unspecified atom stereocenters. The fourth-order valence-electron chi connectivity index (χ4n) is 2.96. The number of allylic oxidation sites excluding steroid dienone is 2. The second kappa shape index (κ2) is 6.80. The Morgan fingerprint density at radius 1 is 1.14 bits per heavy atom. The fourth-order valence-corrected chi connectivity index (χ4v) is 2.96. The van der Waals surface area contributed by atoms with Crippen molar-refractivity contribution in [3.63, 3.8) is 0 Å². The molecule has 1 saturated heterocycles. The van der Waals surface area contributed by atoms with Crippen molar-refractivity contribution in [1.29, 1.82) is 5.26 Å². The van der Waals surface area contributed by atoms with Gasteiger partial charge >= 0.3 is 6.18 Å². The van der Waals surface area contributed by atoms with Crippen molar-refractivity contribution in [3.05, 3.63) is 11.1 Å². The molecule has 118 valence electrons. The Balaban J connectivity index is 1.82. The van der Waals surface area contributed by atoms with Crippen LogP contribution in [0.5, 0.6) is 0 Å². The third-order valence-corrected chi connectivity index (χ3v) is 4.13. The molecule has 0 atom stereocenters. The number of ether oxygens (including phenoxy) is 2. The molecule has 0 aromatic carbocycles. The lowest BCUT2D eigenvalue weighted by atomic mass is 9.86. The van der Waals surface area contributed by atoms with Gasteiger partial charge in [-0.2, -0.15) is 18.4 Å². The van der Waals surface area contributed by atoms with Gasteiger partial charge in [0.15, 0.2) is 5.79 Å². The molecule has 0 N–H and O–H groups in total. The highest BCUT2D eigenvalue weighted by molar-refractivity contribution is 5.29. The van der Waals surface area contributed by atoms with Gasteiger partial charge in [0.1, 0.15) is 0 Å². The van der Waals surface area contributed by atoms with Crippen LogP contribution in [0.2, 0.25) is 0 Å². The van der Waals surface area contributed by atoms with E-state index < -0.39 is 18.4 Å². The number of nitrogens with zero attached hydrogens (tertiary/aromatic N) is 1. The van der Waals surface area contributed by atoms with Crippen molar-refractivity contribution < 1.29 is 22.6 Å². The van der Waals surface area contributed by atoms with Gasteiger partial charge in [-0.05, 0) is 32.1 Å². The van der Waals surface area contributed by atoms with Gasteiger partial charge in [0.05, 0.1) is 19.3 Å². The molecule has 1 aliphatic carbocycles. The maximum atomic E-state index is 12.1. The van der Waals surface area contributed by atoms with E-state index in [-0.39, 0.29) is 6.42 Å². The molecule has 1 heterocycles. The summed E-state index contributed by atoms with van der Waals surface area (Å²) in [4.78, 5) is 0. The first kappa shape index (κ1) is 16.3. The first-order valence-electron chi connectivity index (χ1n) is 7.40. The van der Waals surface area contributed by atoms with Crippen molar-refractivity contribution in [3.8, 4) is 6.07 Å². The zero-order valence-corrected chi connectivity index (χ0v) is 12.0. The van der Waals surface area contributed by atoms with E-state index >= 15 is 0 Å². The van der Waals surface area contributed by atoms with E-state index in [1.54, 1.807) is 0 Å². The lowest BCUT2D eigenvalue weighted by Crippen LogP contribution is -2.33. The lowest BCUT2D eigenvalue weighted by Gasteiger charge is -2.33. The van der Waals surface area contributed by atoms with Crippen LogP contribution < -0.4 is 0 Å². The molecular weight excluding hydrogens is 283 g/mol. The number of alkyl halides is 3. The normalized spacial score (nSPS) is 21.5. The summed E-state index contributed by atoms with van der Waals surface area (Å²) in [7, 11) is 0. The minimum atomic E-state index is -4.10. The molecule has 2 aliphatic rings. The minimum Gasteiger partial charge on any atom is -0.348 e. The lowest BCUT2D eigenvalue weighted by molar-refractivity contribution is -0.171. The Labute approximate surface area is 122 Å². The van der Waals surface area contributed by atoms with Crippen LogP contribution in [0.1, 0.15) is 51.4 Å². The summed E-state index contributed by atoms with van der Waals surface area (Å²) < 4.78 is 47.5. The van der Waals surface area contributed by atoms with Gasteiger partial charge in [0.2, 0.25) is 0 Å². The molecule has 1 spiro atoms. The average Bonchev–Trinajstić information content (AvgIpc) is 2.88. The molecule has 2 rings (SSSR count). The first-order valence-corrected chi connectivity index (χ1v) is 7.40. The van der Waals surface area contributed by atoms with E-state index in [0.29, 0.717) is 31.6 Å². The Kier molecular flexibility index (Phi) is 5.28. The van der Waals surface area contributed by atoms with Crippen molar-refractivity contribution in [2.45, 2.75) is 63.3 Å². The number of hydrogen-bond donors (Lipinski definition) is 0. The van der Waals surface area contributed by atoms with Gasteiger partial charge in [0.25, 0.3) is 0 Å². The monoisotopic (exact) mass is 303 g/mol. The molecule has 1 saturated carbocycles. The Hall–Kier alpha value is -1.06. The summed E-state index contributed by atoms with van der Waals surface area (Å²) in [6, 6.07) is 2.17. The third-order valence-electron chi connectivity index (χ3n) is 4.13. The highest BCUT2D eigenvalue weighted by Crippen LogP contribution is 2.39. The molecule has 0 aromatic rings. The molecule has 2 fully saturated rings. The largest absolute Gasteiger partial charge is 0.389 e. The molecule has 0 aromatic heterocycles. The molecular formula is C15H20F3NO2. The number of halogens is 3. The van der Waals surface area contributed by atoms with E-state index in [2.05, 4.69) is 6.07 Å². The van der Waals surface area contributed by atoms with Crippen LogP contribution >= 0.6 is 0 Å². The van der Waals surface area contributed by atoms with Crippen molar-refractivity contribution in [2.24, 2.45) is 0 Å². The highest BCUT2D eigenvalue weighted by atomic mass is 19.4. The van der Waals surface area contributed by atoms with Gasteiger partial charge in [-0.1, -0.05) is 5.57 Å². The molecule has 1 aliphatic heterocycles. The highest BCUT2D eigenvalue weighted by Gasteiger charge is 2.39. The molecule has 0 radical (unpaired) electrons. The van der Waals surface area contributed by atoms with Crippen molar-refractivity contribution >= 4 is 0 Å². The van der Waals surface area contributed by atoms with Gasteiger partial charge in [-0.15, -0.1) is 0 Å². The summed E-state index contributed by atoms with van der Waals surface area (Å²) in [6.45, 7) is 1.23. The van der Waals surface area contributed by atoms with Gasteiger partial charge in [0, 0.05) is 24.8 Å². The van der Waals surface area contributed by atoms with Gasteiger partial charge in [-0.25, -0.2) is 0 Å².